The number of anilines is 1. The molecule has 1 aliphatic rings. The Hall–Kier alpha value is -3.78. The first kappa shape index (κ1) is 24.9. The molecule has 0 saturated carbocycles. The van der Waals surface area contributed by atoms with Crippen LogP contribution in [0.15, 0.2) is 60.7 Å². The van der Waals surface area contributed by atoms with Gasteiger partial charge < -0.3 is 14.5 Å². The van der Waals surface area contributed by atoms with Gasteiger partial charge in [-0.05, 0) is 30.5 Å². The van der Waals surface area contributed by atoms with E-state index in [0.29, 0.717) is 38.7 Å². The molecular formula is C29H34N6O2. The van der Waals surface area contributed by atoms with Crippen molar-refractivity contribution in [2.75, 3.05) is 37.7 Å². The van der Waals surface area contributed by atoms with Crippen molar-refractivity contribution in [3.05, 3.63) is 77.7 Å². The minimum absolute atomic E-state index is 0.0250. The molecule has 2 aromatic carbocycles. The summed E-state index contributed by atoms with van der Waals surface area (Å²) < 4.78 is 7.60. The topological polar surface area (TPSA) is 76.4 Å². The second-order valence-corrected chi connectivity index (χ2v) is 9.94. The zero-order chi connectivity index (χ0) is 25.8. The number of hydrogen-bond donors (Lipinski definition) is 0. The van der Waals surface area contributed by atoms with Gasteiger partial charge in [0.25, 0.3) is 0 Å². The smallest absolute Gasteiger partial charge is 0.248 e. The molecule has 1 aliphatic heterocycles. The first-order valence-corrected chi connectivity index (χ1v) is 13.0. The number of amides is 1. The first-order chi connectivity index (χ1) is 18.0. The summed E-state index contributed by atoms with van der Waals surface area (Å²) in [6.07, 6.45) is 0.791. The van der Waals surface area contributed by atoms with Gasteiger partial charge in [-0.25, -0.2) is 14.6 Å². The average molecular weight is 499 g/mol. The Bertz CT molecular complexity index is 1350. The van der Waals surface area contributed by atoms with Gasteiger partial charge in [-0.3, -0.25) is 4.79 Å². The average Bonchev–Trinajstić information content (AvgIpc) is 3.25. The molecule has 3 heterocycles. The molecule has 1 amide bonds. The van der Waals surface area contributed by atoms with Crippen molar-refractivity contribution < 1.29 is 9.53 Å². The van der Waals surface area contributed by atoms with E-state index >= 15 is 0 Å². The van der Waals surface area contributed by atoms with Crippen molar-refractivity contribution >= 4 is 22.8 Å². The maximum absolute atomic E-state index is 12.8. The summed E-state index contributed by atoms with van der Waals surface area (Å²) in [6.45, 7) is 9.56. The molecule has 0 N–H and O–H groups in total. The van der Waals surface area contributed by atoms with Crippen LogP contribution in [-0.4, -0.2) is 63.3 Å². The first-order valence-electron chi connectivity index (χ1n) is 13.0. The molecule has 1 fully saturated rings. The second-order valence-electron chi connectivity index (χ2n) is 9.94. The molecule has 37 heavy (non-hydrogen) atoms. The standard InChI is InChI=1S/C29H34N6O2/c1-21(2)18-25-30-28(27-22(3)32-35(29(27)31-25)24-12-8-5-9-13-24)34-16-14-33(15-17-34)26(36)20-37-19-23-10-6-4-7-11-23/h4-13,21H,14-20H2,1-3H3. The summed E-state index contributed by atoms with van der Waals surface area (Å²) in [4.78, 5) is 26.9. The van der Waals surface area contributed by atoms with Crippen LogP contribution in [0.25, 0.3) is 16.7 Å². The summed E-state index contributed by atoms with van der Waals surface area (Å²) >= 11 is 0. The Kier molecular flexibility index (Phi) is 7.46. The lowest BCUT2D eigenvalue weighted by Crippen LogP contribution is -2.50. The third-order valence-electron chi connectivity index (χ3n) is 6.59. The highest BCUT2D eigenvalue weighted by Crippen LogP contribution is 2.30. The maximum Gasteiger partial charge on any atom is 0.248 e. The van der Waals surface area contributed by atoms with Gasteiger partial charge in [0.15, 0.2) is 5.65 Å². The predicted octanol–water partition coefficient (Wildman–Crippen LogP) is 4.19. The van der Waals surface area contributed by atoms with Crippen LogP contribution in [0, 0.1) is 12.8 Å². The van der Waals surface area contributed by atoms with Crippen molar-refractivity contribution in [1.29, 1.82) is 0 Å². The van der Waals surface area contributed by atoms with Crippen molar-refractivity contribution in [1.82, 2.24) is 24.6 Å². The molecule has 0 spiro atoms. The van der Waals surface area contributed by atoms with E-state index in [2.05, 4.69) is 18.7 Å². The summed E-state index contributed by atoms with van der Waals surface area (Å²) in [5, 5.41) is 5.82. The Morgan fingerprint density at radius 1 is 0.946 bits per heavy atom. The Morgan fingerprint density at radius 2 is 1.62 bits per heavy atom. The van der Waals surface area contributed by atoms with E-state index in [1.54, 1.807) is 0 Å². The molecule has 5 rings (SSSR count). The lowest BCUT2D eigenvalue weighted by molar-refractivity contribution is -0.136. The second kappa shape index (κ2) is 11.1. The molecule has 0 radical (unpaired) electrons. The van der Waals surface area contributed by atoms with Gasteiger partial charge in [0.1, 0.15) is 18.2 Å². The third kappa shape index (κ3) is 5.64. The van der Waals surface area contributed by atoms with E-state index in [1.165, 1.54) is 0 Å². The molecule has 0 atom stereocenters. The van der Waals surface area contributed by atoms with Gasteiger partial charge in [0.2, 0.25) is 5.91 Å². The number of nitrogens with zero attached hydrogens (tertiary/aromatic N) is 6. The van der Waals surface area contributed by atoms with E-state index < -0.39 is 0 Å². The molecule has 8 heteroatoms. The SMILES string of the molecule is Cc1nn(-c2ccccc2)c2nc(CC(C)C)nc(N3CCN(C(=O)COCc4ccccc4)CC3)c12. The Balaban J connectivity index is 1.33. The summed E-state index contributed by atoms with van der Waals surface area (Å²) in [7, 11) is 0. The van der Waals surface area contributed by atoms with Crippen molar-refractivity contribution in [2.45, 2.75) is 33.8 Å². The maximum atomic E-state index is 12.8. The van der Waals surface area contributed by atoms with Crippen LogP contribution in [0.1, 0.15) is 30.9 Å². The van der Waals surface area contributed by atoms with Crippen molar-refractivity contribution in [3.8, 4) is 5.69 Å². The Labute approximate surface area is 217 Å². The van der Waals surface area contributed by atoms with Gasteiger partial charge in [-0.2, -0.15) is 5.10 Å². The van der Waals surface area contributed by atoms with E-state index in [4.69, 9.17) is 19.8 Å². The molecular weight excluding hydrogens is 464 g/mol. The van der Waals surface area contributed by atoms with Crippen LogP contribution in [0.3, 0.4) is 0 Å². The number of fused-ring (bicyclic) bond motifs is 1. The monoisotopic (exact) mass is 498 g/mol. The number of carbonyl (C=O) groups is 1. The van der Waals surface area contributed by atoms with E-state index in [1.807, 2.05) is 77.2 Å². The molecule has 0 unspecified atom stereocenters. The van der Waals surface area contributed by atoms with Crippen LogP contribution in [0.4, 0.5) is 5.82 Å². The number of ether oxygens (including phenoxy) is 1. The highest BCUT2D eigenvalue weighted by Gasteiger charge is 2.26. The summed E-state index contributed by atoms with van der Waals surface area (Å²) in [5.74, 6) is 2.19. The number of rotatable bonds is 8. The predicted molar refractivity (Wildman–Crippen MR) is 145 cm³/mol. The van der Waals surface area contributed by atoms with Gasteiger partial charge >= 0.3 is 0 Å². The van der Waals surface area contributed by atoms with Crippen LogP contribution in [-0.2, 0) is 22.6 Å². The van der Waals surface area contributed by atoms with Gasteiger partial charge in [-0.1, -0.05) is 62.4 Å². The molecule has 0 aliphatic carbocycles. The van der Waals surface area contributed by atoms with E-state index in [-0.39, 0.29) is 12.5 Å². The number of carbonyl (C=O) groups excluding carboxylic acids is 1. The number of para-hydroxylation sites is 1. The van der Waals surface area contributed by atoms with Crippen LogP contribution < -0.4 is 4.90 Å². The van der Waals surface area contributed by atoms with Crippen LogP contribution >= 0.6 is 0 Å². The van der Waals surface area contributed by atoms with Crippen molar-refractivity contribution in [2.24, 2.45) is 5.92 Å². The largest absolute Gasteiger partial charge is 0.367 e. The lowest BCUT2D eigenvalue weighted by Gasteiger charge is -2.35. The summed E-state index contributed by atoms with van der Waals surface area (Å²) in [5.41, 5.74) is 3.78. The third-order valence-corrected chi connectivity index (χ3v) is 6.59. The molecule has 192 valence electrons. The zero-order valence-corrected chi connectivity index (χ0v) is 21.8. The number of hydrogen-bond acceptors (Lipinski definition) is 6. The van der Waals surface area contributed by atoms with Gasteiger partial charge in [0, 0.05) is 32.6 Å². The quantitative estimate of drug-likeness (QED) is 0.363. The number of piperazine rings is 1. The molecule has 2 aromatic heterocycles. The van der Waals surface area contributed by atoms with Gasteiger partial charge in [-0.15, -0.1) is 0 Å². The van der Waals surface area contributed by atoms with E-state index in [0.717, 1.165) is 46.0 Å². The fourth-order valence-electron chi connectivity index (χ4n) is 4.73. The normalized spacial score (nSPS) is 14.1. The summed E-state index contributed by atoms with van der Waals surface area (Å²) in [6, 6.07) is 20.0. The fourth-order valence-corrected chi connectivity index (χ4v) is 4.73. The zero-order valence-electron chi connectivity index (χ0n) is 21.8. The lowest BCUT2D eigenvalue weighted by atomic mass is 10.1. The van der Waals surface area contributed by atoms with Crippen LogP contribution in [0.2, 0.25) is 0 Å². The number of aryl methyl sites for hydroxylation is 1. The van der Waals surface area contributed by atoms with Gasteiger partial charge in [0.05, 0.1) is 23.4 Å². The number of aromatic nitrogens is 4. The molecule has 8 nitrogen and oxygen atoms in total. The fraction of sp³-hybridized carbons (Fsp3) is 0.379. The Morgan fingerprint density at radius 3 is 2.30 bits per heavy atom. The minimum atomic E-state index is 0.0250. The minimum Gasteiger partial charge on any atom is -0.367 e. The highest BCUT2D eigenvalue weighted by molar-refractivity contribution is 5.91. The molecule has 1 saturated heterocycles. The van der Waals surface area contributed by atoms with E-state index in [9.17, 15) is 4.79 Å². The van der Waals surface area contributed by atoms with Crippen LogP contribution in [0.5, 0.6) is 0 Å². The van der Waals surface area contributed by atoms with Crippen molar-refractivity contribution in [3.63, 3.8) is 0 Å². The number of benzene rings is 2. The molecule has 0 bridgehead atoms. The highest BCUT2D eigenvalue weighted by atomic mass is 16.5. The molecule has 4 aromatic rings.